The Morgan fingerprint density at radius 2 is 1.61 bits per heavy atom. The zero-order chi connectivity index (χ0) is 13.0. The maximum atomic E-state index is 12.6. The number of benzene rings is 1. The first-order valence-corrected chi connectivity index (χ1v) is 6.74. The van der Waals surface area contributed by atoms with E-state index >= 15 is 0 Å². The summed E-state index contributed by atoms with van der Waals surface area (Å²) in [5, 5.41) is 10.3. The number of alkyl halides is 2. The van der Waals surface area contributed by atoms with E-state index < -0.39 is 12.5 Å². The molecule has 2 rings (SSSR count). The van der Waals surface area contributed by atoms with Gasteiger partial charge in [0.1, 0.15) is 0 Å². The third-order valence-electron chi connectivity index (χ3n) is 3.85. The molecule has 0 spiro atoms. The highest BCUT2D eigenvalue weighted by molar-refractivity contribution is 5.26. The molecule has 0 amide bonds. The van der Waals surface area contributed by atoms with Crippen molar-refractivity contribution in [1.29, 1.82) is 0 Å². The van der Waals surface area contributed by atoms with Gasteiger partial charge in [0.15, 0.2) is 0 Å². The topological polar surface area (TPSA) is 20.2 Å². The second-order valence-corrected chi connectivity index (χ2v) is 5.17. The summed E-state index contributed by atoms with van der Waals surface area (Å²) in [4.78, 5) is 0. The minimum atomic E-state index is -2.47. The lowest BCUT2D eigenvalue weighted by Crippen LogP contribution is -2.12. The van der Waals surface area contributed by atoms with Crippen molar-refractivity contribution in [3.05, 3.63) is 35.4 Å². The second kappa shape index (κ2) is 6.28. The van der Waals surface area contributed by atoms with Crippen molar-refractivity contribution in [3.8, 4) is 0 Å². The van der Waals surface area contributed by atoms with Gasteiger partial charge in [-0.15, -0.1) is 0 Å². The van der Waals surface area contributed by atoms with Gasteiger partial charge in [0, 0.05) is 5.56 Å². The standard InChI is InChI=1S/C15H20F2O/c16-15(17)13-9-5-8-12(10-13)14(18)11-6-3-1-2-4-7-11/h5,8-11,14-15,18H,1-4,6-7H2. The van der Waals surface area contributed by atoms with E-state index in [0.29, 0.717) is 5.56 Å². The maximum absolute atomic E-state index is 12.6. The van der Waals surface area contributed by atoms with Crippen LogP contribution in [0.3, 0.4) is 0 Å². The Morgan fingerprint density at radius 1 is 1.00 bits per heavy atom. The molecule has 1 unspecified atom stereocenters. The molecule has 0 heterocycles. The first-order chi connectivity index (χ1) is 8.68. The SMILES string of the molecule is OC(c1cccc(C(F)F)c1)C1CCCCCC1. The number of halogens is 2. The van der Waals surface area contributed by atoms with Crippen LogP contribution in [0.5, 0.6) is 0 Å². The highest BCUT2D eigenvalue weighted by atomic mass is 19.3. The predicted octanol–water partition coefficient (Wildman–Crippen LogP) is 4.63. The summed E-state index contributed by atoms with van der Waals surface area (Å²) in [6.07, 6.45) is 3.65. The van der Waals surface area contributed by atoms with E-state index in [1.54, 1.807) is 12.1 Å². The van der Waals surface area contributed by atoms with E-state index in [1.807, 2.05) is 0 Å². The summed E-state index contributed by atoms with van der Waals surface area (Å²) in [7, 11) is 0. The van der Waals surface area contributed by atoms with Crippen molar-refractivity contribution in [2.45, 2.75) is 51.1 Å². The van der Waals surface area contributed by atoms with Crippen molar-refractivity contribution < 1.29 is 13.9 Å². The minimum Gasteiger partial charge on any atom is -0.388 e. The van der Waals surface area contributed by atoms with Crippen LogP contribution in [0.2, 0.25) is 0 Å². The third-order valence-corrected chi connectivity index (χ3v) is 3.85. The largest absolute Gasteiger partial charge is 0.388 e. The van der Waals surface area contributed by atoms with Crippen LogP contribution in [-0.4, -0.2) is 5.11 Å². The van der Waals surface area contributed by atoms with E-state index in [1.165, 1.54) is 25.0 Å². The van der Waals surface area contributed by atoms with Crippen LogP contribution in [0.15, 0.2) is 24.3 Å². The minimum absolute atomic E-state index is 0.000159. The van der Waals surface area contributed by atoms with E-state index in [9.17, 15) is 13.9 Å². The normalized spacial score (nSPS) is 19.8. The van der Waals surface area contributed by atoms with Gasteiger partial charge in [-0.1, -0.05) is 43.9 Å². The molecule has 1 aromatic rings. The first kappa shape index (κ1) is 13.5. The van der Waals surface area contributed by atoms with Gasteiger partial charge in [0.25, 0.3) is 6.43 Å². The van der Waals surface area contributed by atoms with Gasteiger partial charge in [-0.25, -0.2) is 8.78 Å². The number of aliphatic hydroxyl groups is 1. The molecule has 100 valence electrons. The Morgan fingerprint density at radius 3 is 2.22 bits per heavy atom. The van der Waals surface area contributed by atoms with Crippen molar-refractivity contribution in [2.24, 2.45) is 5.92 Å². The summed E-state index contributed by atoms with van der Waals surface area (Å²) < 4.78 is 25.3. The molecule has 0 aliphatic heterocycles. The lowest BCUT2D eigenvalue weighted by molar-refractivity contribution is 0.0980. The van der Waals surface area contributed by atoms with Gasteiger partial charge in [-0.2, -0.15) is 0 Å². The number of rotatable bonds is 3. The zero-order valence-corrected chi connectivity index (χ0v) is 10.5. The lowest BCUT2D eigenvalue weighted by atomic mass is 9.89. The van der Waals surface area contributed by atoms with E-state index in [-0.39, 0.29) is 11.5 Å². The third kappa shape index (κ3) is 3.29. The van der Waals surface area contributed by atoms with Crippen molar-refractivity contribution in [2.75, 3.05) is 0 Å². The van der Waals surface area contributed by atoms with Crippen molar-refractivity contribution >= 4 is 0 Å². The van der Waals surface area contributed by atoms with Crippen LogP contribution < -0.4 is 0 Å². The molecule has 1 saturated carbocycles. The highest BCUT2D eigenvalue weighted by Crippen LogP contribution is 2.34. The first-order valence-electron chi connectivity index (χ1n) is 6.74. The molecule has 0 aromatic heterocycles. The molecule has 1 N–H and O–H groups in total. The Hall–Kier alpha value is -0.960. The summed E-state index contributed by atoms with van der Waals surface area (Å²) in [6.45, 7) is 0. The average Bonchev–Trinajstić information content (AvgIpc) is 2.67. The zero-order valence-electron chi connectivity index (χ0n) is 10.5. The summed E-state index contributed by atoms with van der Waals surface area (Å²) >= 11 is 0. The van der Waals surface area contributed by atoms with Crippen LogP contribution in [-0.2, 0) is 0 Å². The van der Waals surface area contributed by atoms with Crippen LogP contribution in [0.4, 0.5) is 8.78 Å². The maximum Gasteiger partial charge on any atom is 0.263 e. The molecule has 1 aromatic carbocycles. The van der Waals surface area contributed by atoms with Crippen LogP contribution in [0.25, 0.3) is 0 Å². The van der Waals surface area contributed by atoms with Gasteiger partial charge in [0.05, 0.1) is 6.10 Å². The predicted molar refractivity (Wildman–Crippen MR) is 67.6 cm³/mol. The molecule has 1 atom stereocenters. The molecule has 3 heteroatoms. The molecule has 18 heavy (non-hydrogen) atoms. The monoisotopic (exact) mass is 254 g/mol. The molecule has 1 nitrogen and oxygen atoms in total. The molecular formula is C15H20F2O. The molecule has 0 radical (unpaired) electrons. The second-order valence-electron chi connectivity index (χ2n) is 5.17. The quantitative estimate of drug-likeness (QED) is 0.780. The van der Waals surface area contributed by atoms with E-state index in [0.717, 1.165) is 25.7 Å². The molecule has 1 fully saturated rings. The Bertz CT molecular complexity index is 371. The van der Waals surface area contributed by atoms with Gasteiger partial charge in [-0.05, 0) is 30.4 Å². The molecule has 1 aliphatic rings. The van der Waals surface area contributed by atoms with Crippen molar-refractivity contribution in [3.63, 3.8) is 0 Å². The van der Waals surface area contributed by atoms with E-state index in [4.69, 9.17) is 0 Å². The van der Waals surface area contributed by atoms with Crippen LogP contribution in [0, 0.1) is 5.92 Å². The molecule has 1 aliphatic carbocycles. The van der Waals surface area contributed by atoms with Crippen LogP contribution in [0.1, 0.15) is 62.2 Å². The number of hydrogen-bond donors (Lipinski definition) is 1. The molecule has 0 saturated heterocycles. The van der Waals surface area contributed by atoms with Gasteiger partial charge >= 0.3 is 0 Å². The lowest BCUT2D eigenvalue weighted by Gasteiger charge is -2.22. The van der Waals surface area contributed by atoms with Gasteiger partial charge in [-0.3, -0.25) is 0 Å². The number of hydrogen-bond acceptors (Lipinski definition) is 1. The van der Waals surface area contributed by atoms with Gasteiger partial charge < -0.3 is 5.11 Å². The fourth-order valence-electron chi connectivity index (χ4n) is 2.78. The number of aliphatic hydroxyl groups excluding tert-OH is 1. The average molecular weight is 254 g/mol. The molecular weight excluding hydrogens is 234 g/mol. The van der Waals surface area contributed by atoms with E-state index in [2.05, 4.69) is 0 Å². The Kier molecular flexibility index (Phi) is 4.70. The highest BCUT2D eigenvalue weighted by Gasteiger charge is 2.22. The van der Waals surface area contributed by atoms with Gasteiger partial charge in [0.2, 0.25) is 0 Å². The Labute approximate surface area is 107 Å². The fraction of sp³-hybridized carbons (Fsp3) is 0.600. The summed E-state index contributed by atoms with van der Waals surface area (Å²) in [5.74, 6) is 0.223. The van der Waals surface area contributed by atoms with Crippen molar-refractivity contribution in [1.82, 2.24) is 0 Å². The molecule has 0 bridgehead atoms. The fourth-order valence-corrected chi connectivity index (χ4v) is 2.78. The summed E-state index contributed by atoms with van der Waals surface area (Å²) in [5.41, 5.74) is 0.639. The smallest absolute Gasteiger partial charge is 0.263 e. The van der Waals surface area contributed by atoms with Crippen LogP contribution >= 0.6 is 0 Å². The Balaban J connectivity index is 2.11. The summed E-state index contributed by atoms with van der Waals surface area (Å²) in [6, 6.07) is 6.21.